The minimum atomic E-state index is -3.72. The van der Waals surface area contributed by atoms with Crippen LogP contribution in [0.15, 0.2) is 82.1 Å². The number of Topliss-reactive ketones (excluding diaryl/α,β-unsaturated/α-hetero) is 1. The number of furan rings is 1. The number of rotatable bonds is 8. The summed E-state index contributed by atoms with van der Waals surface area (Å²) in [5, 5.41) is 3.64. The van der Waals surface area contributed by atoms with Gasteiger partial charge in [0.2, 0.25) is 15.8 Å². The number of hydrogen-bond donors (Lipinski definition) is 1. The Morgan fingerprint density at radius 3 is 2.55 bits per heavy atom. The Morgan fingerprint density at radius 2 is 1.79 bits per heavy atom. The van der Waals surface area contributed by atoms with E-state index in [-0.39, 0.29) is 40.0 Å². The van der Waals surface area contributed by atoms with Gasteiger partial charge in [0.25, 0.3) is 0 Å². The number of piperidine rings is 1. The molecule has 0 amide bonds. The van der Waals surface area contributed by atoms with Crippen molar-refractivity contribution in [1.29, 1.82) is 0 Å². The fourth-order valence-electron chi connectivity index (χ4n) is 4.73. The lowest BCUT2D eigenvalue weighted by atomic mass is 10.0. The number of ketones is 2. The summed E-state index contributed by atoms with van der Waals surface area (Å²) >= 11 is 0. The third-order valence-corrected chi connectivity index (χ3v) is 8.61. The Balaban J connectivity index is 1.39. The van der Waals surface area contributed by atoms with E-state index in [1.807, 2.05) is 6.92 Å². The monoisotopic (exact) mass is 534 g/mol. The lowest BCUT2D eigenvalue weighted by molar-refractivity contribution is 0.0997. The molecule has 1 N–H and O–H groups in total. The highest BCUT2D eigenvalue weighted by molar-refractivity contribution is 7.89. The average molecular weight is 535 g/mol. The molecule has 1 aliphatic rings. The zero-order valence-electron chi connectivity index (χ0n) is 20.8. The maximum absolute atomic E-state index is 13.4. The van der Waals surface area contributed by atoms with Crippen molar-refractivity contribution in [3.63, 3.8) is 0 Å². The minimum Gasteiger partial charge on any atom is -0.450 e. The van der Waals surface area contributed by atoms with Gasteiger partial charge in [-0.2, -0.15) is 4.31 Å². The summed E-state index contributed by atoms with van der Waals surface area (Å²) in [6.45, 7) is 2.75. The molecule has 0 aliphatic carbocycles. The first-order chi connectivity index (χ1) is 18.2. The number of nitrogens with one attached hydrogen (secondary N) is 1. The van der Waals surface area contributed by atoms with Crippen molar-refractivity contribution in [2.24, 2.45) is 5.92 Å². The number of fused-ring (bicyclic) bond motifs is 1. The van der Waals surface area contributed by atoms with Crippen molar-refractivity contribution in [3.8, 4) is 0 Å². The van der Waals surface area contributed by atoms with Crippen LogP contribution in [0.4, 0.5) is 10.1 Å². The first-order valence-corrected chi connectivity index (χ1v) is 13.9. The Bertz CT molecular complexity index is 1610. The molecule has 3 aromatic carbocycles. The lowest BCUT2D eigenvalue weighted by Gasteiger charge is -2.30. The highest BCUT2D eigenvalue weighted by atomic mass is 32.2. The van der Waals surface area contributed by atoms with Crippen LogP contribution in [0.5, 0.6) is 0 Å². The summed E-state index contributed by atoms with van der Waals surface area (Å²) < 4.78 is 47.1. The normalized spacial score (nSPS) is 16.4. The van der Waals surface area contributed by atoms with Crippen LogP contribution in [0.25, 0.3) is 11.0 Å². The molecule has 0 spiro atoms. The topological polar surface area (TPSA) is 96.7 Å². The largest absolute Gasteiger partial charge is 0.450 e. The maximum Gasteiger partial charge on any atom is 0.243 e. The SMILES string of the molecule is CC1CCCN(S(=O)(=O)c2cccc(C(=O)CNc3c(C(=O)c4ccc(F)cc4)oc4ccccc34)c2)C1. The third kappa shape index (κ3) is 5.12. The van der Waals surface area contributed by atoms with Crippen LogP contribution in [0.3, 0.4) is 0 Å². The molecule has 0 saturated carbocycles. The van der Waals surface area contributed by atoms with Crippen LogP contribution in [0.2, 0.25) is 0 Å². The molecule has 1 unspecified atom stereocenters. The van der Waals surface area contributed by atoms with E-state index >= 15 is 0 Å². The minimum absolute atomic E-state index is 0.00107. The van der Waals surface area contributed by atoms with E-state index in [4.69, 9.17) is 4.42 Å². The highest BCUT2D eigenvalue weighted by Crippen LogP contribution is 2.32. The van der Waals surface area contributed by atoms with Gasteiger partial charge in [-0.1, -0.05) is 31.2 Å². The van der Waals surface area contributed by atoms with Crippen molar-refractivity contribution < 1.29 is 26.8 Å². The summed E-state index contributed by atoms with van der Waals surface area (Å²) in [7, 11) is -3.72. The molecule has 1 saturated heterocycles. The smallest absolute Gasteiger partial charge is 0.243 e. The fraction of sp³-hybridized carbons (Fsp3) is 0.241. The quantitative estimate of drug-likeness (QED) is 0.299. The number of carbonyl (C=O) groups excluding carboxylic acids is 2. The molecule has 7 nitrogen and oxygen atoms in total. The van der Waals surface area contributed by atoms with E-state index in [0.29, 0.717) is 29.7 Å². The predicted octanol–water partition coefficient (Wildman–Crippen LogP) is 5.52. The molecule has 38 heavy (non-hydrogen) atoms. The molecule has 1 aromatic heterocycles. The number of halogens is 1. The molecule has 2 heterocycles. The number of nitrogens with zero attached hydrogens (tertiary/aromatic N) is 1. The van der Waals surface area contributed by atoms with Gasteiger partial charge in [-0.05, 0) is 67.3 Å². The van der Waals surface area contributed by atoms with E-state index < -0.39 is 21.6 Å². The number of para-hydroxylation sites is 1. The Hall–Kier alpha value is -3.82. The van der Waals surface area contributed by atoms with Crippen LogP contribution in [-0.2, 0) is 10.0 Å². The van der Waals surface area contributed by atoms with Gasteiger partial charge in [0, 0.05) is 29.6 Å². The van der Waals surface area contributed by atoms with Crippen molar-refractivity contribution >= 4 is 38.2 Å². The first-order valence-electron chi connectivity index (χ1n) is 12.4. The number of sulfonamides is 1. The molecule has 1 aliphatic heterocycles. The van der Waals surface area contributed by atoms with Gasteiger partial charge in [-0.25, -0.2) is 12.8 Å². The number of carbonyl (C=O) groups is 2. The number of anilines is 1. The Morgan fingerprint density at radius 1 is 1.03 bits per heavy atom. The van der Waals surface area contributed by atoms with Crippen LogP contribution < -0.4 is 5.32 Å². The van der Waals surface area contributed by atoms with E-state index in [2.05, 4.69) is 5.32 Å². The molecule has 196 valence electrons. The lowest BCUT2D eigenvalue weighted by Crippen LogP contribution is -2.39. The standard InChI is InChI=1S/C29H27FN2O5S/c1-19-6-5-15-32(18-19)38(35,36)23-8-4-7-21(16-23)25(33)17-31-27-24-9-2-3-10-26(24)37-29(27)28(34)20-11-13-22(30)14-12-20/h2-4,7-14,16,19,31H,5-6,15,17-18H2,1H3. The van der Waals surface area contributed by atoms with E-state index in [0.717, 1.165) is 12.8 Å². The van der Waals surface area contributed by atoms with Crippen LogP contribution >= 0.6 is 0 Å². The maximum atomic E-state index is 13.4. The number of hydrogen-bond acceptors (Lipinski definition) is 6. The molecule has 1 fully saturated rings. The molecular weight excluding hydrogens is 507 g/mol. The van der Waals surface area contributed by atoms with Gasteiger partial charge in [-0.15, -0.1) is 0 Å². The Kier molecular flexibility index (Phi) is 7.14. The molecule has 9 heteroatoms. The van der Waals surface area contributed by atoms with E-state index in [1.54, 1.807) is 36.4 Å². The van der Waals surface area contributed by atoms with E-state index in [1.165, 1.54) is 40.7 Å². The van der Waals surface area contributed by atoms with Gasteiger partial charge >= 0.3 is 0 Å². The average Bonchev–Trinajstić information content (AvgIpc) is 3.30. The number of benzene rings is 3. The van der Waals surface area contributed by atoms with Crippen molar-refractivity contribution in [2.75, 3.05) is 25.0 Å². The van der Waals surface area contributed by atoms with Crippen molar-refractivity contribution in [1.82, 2.24) is 4.31 Å². The summed E-state index contributed by atoms with van der Waals surface area (Å²) in [6, 6.07) is 18.2. The van der Waals surface area contributed by atoms with Gasteiger partial charge in [0.05, 0.1) is 17.1 Å². The predicted molar refractivity (Wildman–Crippen MR) is 142 cm³/mol. The summed E-state index contributed by atoms with van der Waals surface area (Å²) in [5.41, 5.74) is 1.28. The molecule has 4 aromatic rings. The van der Waals surface area contributed by atoms with E-state index in [9.17, 15) is 22.4 Å². The summed E-state index contributed by atoms with van der Waals surface area (Å²) in [6.07, 6.45) is 1.80. The van der Waals surface area contributed by atoms with Crippen LogP contribution in [0.1, 0.15) is 46.2 Å². The van der Waals surface area contributed by atoms with Gasteiger partial charge < -0.3 is 9.73 Å². The first kappa shape index (κ1) is 25.8. The zero-order valence-corrected chi connectivity index (χ0v) is 21.6. The second-order valence-corrected chi connectivity index (χ2v) is 11.5. The van der Waals surface area contributed by atoms with Crippen molar-refractivity contribution in [2.45, 2.75) is 24.7 Å². The highest BCUT2D eigenvalue weighted by Gasteiger charge is 2.29. The molecule has 0 bridgehead atoms. The molecule has 1 atom stereocenters. The molecular formula is C29H27FN2O5S. The second-order valence-electron chi connectivity index (χ2n) is 9.55. The van der Waals surface area contributed by atoms with Crippen LogP contribution in [0, 0.1) is 11.7 Å². The summed E-state index contributed by atoms with van der Waals surface area (Å²) in [4.78, 5) is 26.4. The molecule has 0 radical (unpaired) electrons. The Labute approximate surface area is 220 Å². The van der Waals surface area contributed by atoms with Gasteiger partial charge in [-0.3, -0.25) is 9.59 Å². The third-order valence-electron chi connectivity index (χ3n) is 6.75. The molecule has 5 rings (SSSR count). The van der Waals surface area contributed by atoms with Crippen LogP contribution in [-0.4, -0.2) is 43.9 Å². The van der Waals surface area contributed by atoms with Gasteiger partial charge in [0.15, 0.2) is 11.5 Å². The van der Waals surface area contributed by atoms with Crippen molar-refractivity contribution in [3.05, 3.63) is 95.5 Å². The fourth-order valence-corrected chi connectivity index (χ4v) is 6.37. The van der Waals surface area contributed by atoms with Gasteiger partial charge in [0.1, 0.15) is 11.4 Å². The summed E-state index contributed by atoms with van der Waals surface area (Å²) in [5.74, 6) is -0.987. The second kappa shape index (κ2) is 10.5. The zero-order chi connectivity index (χ0) is 26.9.